The highest BCUT2D eigenvalue weighted by Gasteiger charge is 2.30. The molecule has 2 heterocycles. The van der Waals surface area contributed by atoms with Crippen LogP contribution in [0.5, 0.6) is 5.75 Å². The van der Waals surface area contributed by atoms with Crippen LogP contribution in [-0.2, 0) is 11.2 Å². The Balaban J connectivity index is 1.66. The molecule has 6 heteroatoms. The van der Waals surface area contributed by atoms with Crippen LogP contribution in [0.25, 0.3) is 10.9 Å². The molecule has 1 aliphatic heterocycles. The van der Waals surface area contributed by atoms with Gasteiger partial charge in [-0.1, -0.05) is 12.1 Å². The number of benzene rings is 1. The maximum Gasteiger partial charge on any atom is 0.137 e. The smallest absolute Gasteiger partial charge is 0.137 e. The molecule has 2 aromatic rings. The molecule has 0 amide bonds. The lowest BCUT2D eigenvalue weighted by molar-refractivity contribution is -0.0855. The van der Waals surface area contributed by atoms with Crippen LogP contribution in [-0.4, -0.2) is 53.3 Å². The summed E-state index contributed by atoms with van der Waals surface area (Å²) in [5, 5.41) is 19.8. The topological polar surface area (TPSA) is 97.8 Å². The summed E-state index contributed by atoms with van der Waals surface area (Å²) in [6, 6.07) is 8.08. The zero-order valence-corrected chi connectivity index (χ0v) is 15.2. The summed E-state index contributed by atoms with van der Waals surface area (Å²) in [4.78, 5) is 4.45. The lowest BCUT2D eigenvalue weighted by atomic mass is 9.92. The highest BCUT2D eigenvalue weighted by atomic mass is 16.5. The lowest BCUT2D eigenvalue weighted by Crippen LogP contribution is -2.46. The highest BCUT2D eigenvalue weighted by Crippen LogP contribution is 2.27. The maximum atomic E-state index is 9.69. The molecule has 26 heavy (non-hydrogen) atoms. The molecule has 1 fully saturated rings. The Morgan fingerprint density at radius 1 is 1.38 bits per heavy atom. The standard InChI is InChI=1S/C20H28N2O4/c1-25-16-10-17-13(3-2-4-19(17)22-11-16)5-6-15-7-8-18(21)20(26-15)9-14(24)12-23/h2-4,10-11,14-15,18,20,23-24H,5-9,12,21H2,1H3/t14-,15+,18+,20+/m0/s1. The molecule has 4 N–H and O–H groups in total. The maximum absolute atomic E-state index is 9.69. The molecule has 1 aromatic carbocycles. The van der Waals surface area contributed by atoms with Gasteiger partial charge in [0.1, 0.15) is 5.75 Å². The van der Waals surface area contributed by atoms with Gasteiger partial charge in [0.05, 0.1) is 43.7 Å². The number of nitrogens with two attached hydrogens (primary N) is 1. The van der Waals surface area contributed by atoms with Gasteiger partial charge in [-0.05, 0) is 43.4 Å². The Labute approximate surface area is 153 Å². The van der Waals surface area contributed by atoms with Gasteiger partial charge < -0.3 is 25.4 Å². The van der Waals surface area contributed by atoms with E-state index in [1.54, 1.807) is 13.3 Å². The number of aryl methyl sites for hydroxylation is 1. The number of hydrogen-bond acceptors (Lipinski definition) is 6. The molecular weight excluding hydrogens is 332 g/mol. The Hall–Kier alpha value is -1.73. The molecule has 0 bridgehead atoms. The van der Waals surface area contributed by atoms with Crippen molar-refractivity contribution in [3.63, 3.8) is 0 Å². The number of hydrogen-bond donors (Lipinski definition) is 3. The van der Waals surface area contributed by atoms with E-state index in [0.717, 1.165) is 42.3 Å². The molecule has 4 atom stereocenters. The van der Waals surface area contributed by atoms with Crippen LogP contribution in [0.2, 0.25) is 0 Å². The third-order valence-electron chi connectivity index (χ3n) is 5.14. The van der Waals surface area contributed by atoms with E-state index in [2.05, 4.69) is 11.1 Å². The van der Waals surface area contributed by atoms with Gasteiger partial charge in [-0.15, -0.1) is 0 Å². The van der Waals surface area contributed by atoms with Gasteiger partial charge in [0.2, 0.25) is 0 Å². The van der Waals surface area contributed by atoms with Crippen molar-refractivity contribution in [2.24, 2.45) is 5.73 Å². The third-order valence-corrected chi connectivity index (χ3v) is 5.14. The van der Waals surface area contributed by atoms with E-state index < -0.39 is 6.10 Å². The Morgan fingerprint density at radius 3 is 3.00 bits per heavy atom. The van der Waals surface area contributed by atoms with E-state index >= 15 is 0 Å². The van der Waals surface area contributed by atoms with Crippen molar-refractivity contribution in [3.05, 3.63) is 36.0 Å². The fourth-order valence-electron chi connectivity index (χ4n) is 3.60. The average molecular weight is 360 g/mol. The average Bonchev–Trinajstić information content (AvgIpc) is 2.67. The zero-order valence-electron chi connectivity index (χ0n) is 15.2. The van der Waals surface area contributed by atoms with Crippen LogP contribution in [0.4, 0.5) is 0 Å². The van der Waals surface area contributed by atoms with Crippen LogP contribution in [0.15, 0.2) is 30.5 Å². The molecular formula is C20H28N2O4. The number of rotatable bonds is 7. The van der Waals surface area contributed by atoms with Crippen molar-refractivity contribution >= 4 is 10.9 Å². The summed E-state index contributed by atoms with van der Waals surface area (Å²) < 4.78 is 11.4. The summed E-state index contributed by atoms with van der Waals surface area (Å²) >= 11 is 0. The quantitative estimate of drug-likeness (QED) is 0.696. The molecule has 1 saturated heterocycles. The van der Waals surface area contributed by atoms with Crippen molar-refractivity contribution in [1.29, 1.82) is 0 Å². The van der Waals surface area contributed by atoms with Crippen LogP contribution in [0.1, 0.15) is 31.2 Å². The van der Waals surface area contributed by atoms with Crippen LogP contribution < -0.4 is 10.5 Å². The second-order valence-electron chi connectivity index (χ2n) is 7.01. The molecule has 0 saturated carbocycles. The van der Waals surface area contributed by atoms with Crippen molar-refractivity contribution < 1.29 is 19.7 Å². The SMILES string of the molecule is COc1cnc2cccc(CC[C@@H]3CC[C@@H](N)[C@@H](C[C@H](O)CO)O3)c2c1. The molecule has 0 spiro atoms. The number of ether oxygens (including phenoxy) is 2. The normalized spacial score (nSPS) is 24.5. The van der Waals surface area contributed by atoms with Gasteiger partial charge in [0.25, 0.3) is 0 Å². The van der Waals surface area contributed by atoms with Crippen molar-refractivity contribution in [2.45, 2.75) is 56.5 Å². The summed E-state index contributed by atoms with van der Waals surface area (Å²) in [7, 11) is 1.64. The van der Waals surface area contributed by atoms with E-state index in [0.29, 0.717) is 6.42 Å². The summed E-state index contributed by atoms with van der Waals surface area (Å²) in [5.74, 6) is 0.753. The molecule has 1 aliphatic rings. The molecule has 1 aromatic heterocycles. The number of nitrogens with zero attached hydrogens (tertiary/aromatic N) is 1. The fraction of sp³-hybridized carbons (Fsp3) is 0.550. The molecule has 3 rings (SSSR count). The molecule has 142 valence electrons. The number of aliphatic hydroxyl groups excluding tert-OH is 2. The number of methoxy groups -OCH3 is 1. The van der Waals surface area contributed by atoms with E-state index in [-0.39, 0.29) is 24.9 Å². The van der Waals surface area contributed by atoms with E-state index in [1.807, 2.05) is 18.2 Å². The summed E-state index contributed by atoms with van der Waals surface area (Å²) in [5.41, 5.74) is 8.30. The second kappa shape index (κ2) is 8.77. The molecule has 6 nitrogen and oxygen atoms in total. The third kappa shape index (κ3) is 4.51. The van der Waals surface area contributed by atoms with Gasteiger partial charge >= 0.3 is 0 Å². The zero-order chi connectivity index (χ0) is 18.5. The first-order valence-corrected chi connectivity index (χ1v) is 9.22. The number of fused-ring (bicyclic) bond motifs is 1. The van der Waals surface area contributed by atoms with Crippen molar-refractivity contribution in [1.82, 2.24) is 4.98 Å². The number of pyridine rings is 1. The summed E-state index contributed by atoms with van der Waals surface area (Å²) in [6.07, 6.45) is 4.79. The van der Waals surface area contributed by atoms with Crippen molar-refractivity contribution in [2.75, 3.05) is 13.7 Å². The minimum absolute atomic E-state index is 0.0848. The van der Waals surface area contributed by atoms with Crippen molar-refractivity contribution in [3.8, 4) is 5.75 Å². The van der Waals surface area contributed by atoms with Gasteiger partial charge in [0, 0.05) is 17.8 Å². The Morgan fingerprint density at radius 2 is 2.23 bits per heavy atom. The van der Waals surface area contributed by atoms with Gasteiger partial charge in [-0.25, -0.2) is 0 Å². The molecule has 0 unspecified atom stereocenters. The first-order chi connectivity index (χ1) is 12.6. The predicted octanol–water partition coefficient (Wildman–Crippen LogP) is 1.79. The lowest BCUT2D eigenvalue weighted by Gasteiger charge is -2.35. The van der Waals surface area contributed by atoms with E-state index in [1.165, 1.54) is 5.56 Å². The van der Waals surface area contributed by atoms with Gasteiger partial charge in [0.15, 0.2) is 0 Å². The molecule has 0 aliphatic carbocycles. The second-order valence-corrected chi connectivity index (χ2v) is 7.01. The predicted molar refractivity (Wildman–Crippen MR) is 100 cm³/mol. The van der Waals surface area contributed by atoms with Crippen LogP contribution >= 0.6 is 0 Å². The van der Waals surface area contributed by atoms with Gasteiger partial charge in [-0.2, -0.15) is 0 Å². The highest BCUT2D eigenvalue weighted by molar-refractivity contribution is 5.83. The Kier molecular flexibility index (Phi) is 6.43. The van der Waals surface area contributed by atoms with Gasteiger partial charge in [-0.3, -0.25) is 4.98 Å². The monoisotopic (exact) mass is 360 g/mol. The van der Waals surface area contributed by atoms with E-state index in [9.17, 15) is 5.11 Å². The number of aliphatic hydroxyl groups is 2. The Bertz CT molecular complexity index is 724. The fourth-order valence-corrected chi connectivity index (χ4v) is 3.60. The van der Waals surface area contributed by atoms with Crippen LogP contribution in [0, 0.1) is 0 Å². The minimum atomic E-state index is -0.776. The van der Waals surface area contributed by atoms with E-state index in [4.69, 9.17) is 20.3 Å². The first kappa shape index (κ1) is 19.0. The molecule has 0 radical (unpaired) electrons. The largest absolute Gasteiger partial charge is 0.495 e. The number of aromatic nitrogens is 1. The summed E-state index contributed by atoms with van der Waals surface area (Å²) in [6.45, 7) is -0.262. The first-order valence-electron chi connectivity index (χ1n) is 9.22. The van der Waals surface area contributed by atoms with Crippen LogP contribution in [0.3, 0.4) is 0 Å². The minimum Gasteiger partial charge on any atom is -0.495 e.